The Hall–Kier alpha value is -1.11. The molecular formula is C14H20O. The molecule has 0 spiro atoms. The molecule has 0 saturated heterocycles. The van der Waals surface area contributed by atoms with Gasteiger partial charge in [-0.25, -0.2) is 0 Å². The van der Waals surface area contributed by atoms with Gasteiger partial charge in [-0.15, -0.1) is 0 Å². The third-order valence-corrected chi connectivity index (χ3v) is 3.28. The van der Waals surface area contributed by atoms with Crippen molar-refractivity contribution in [2.45, 2.75) is 45.4 Å². The summed E-state index contributed by atoms with van der Waals surface area (Å²) >= 11 is 0. The van der Waals surface area contributed by atoms with Gasteiger partial charge in [0.05, 0.1) is 5.41 Å². The average Bonchev–Trinajstić information content (AvgIpc) is 2.26. The van der Waals surface area contributed by atoms with Gasteiger partial charge in [-0.1, -0.05) is 50.6 Å². The number of Topliss-reactive ketones (excluding diaryl/α,β-unsaturated/α-hetero) is 1. The molecule has 0 aromatic heterocycles. The van der Waals surface area contributed by atoms with E-state index in [0.717, 1.165) is 19.3 Å². The second kappa shape index (κ2) is 5.11. The third-order valence-electron chi connectivity index (χ3n) is 3.28. The van der Waals surface area contributed by atoms with Gasteiger partial charge in [-0.05, 0) is 25.3 Å². The highest BCUT2D eigenvalue weighted by Gasteiger charge is 2.33. The fourth-order valence-electron chi connectivity index (χ4n) is 2.34. The first kappa shape index (κ1) is 12.0. The predicted molar refractivity (Wildman–Crippen MR) is 64.0 cm³/mol. The van der Waals surface area contributed by atoms with E-state index in [1.807, 2.05) is 18.2 Å². The summed E-state index contributed by atoms with van der Waals surface area (Å²) in [7, 11) is 0. The van der Waals surface area contributed by atoms with Crippen LogP contribution in [0.15, 0.2) is 30.3 Å². The number of hydrogen-bond donors (Lipinski definition) is 0. The molecule has 1 heteroatoms. The zero-order valence-corrected chi connectivity index (χ0v) is 9.92. The van der Waals surface area contributed by atoms with Crippen molar-refractivity contribution in [3.63, 3.8) is 0 Å². The lowest BCUT2D eigenvalue weighted by Crippen LogP contribution is -2.33. The van der Waals surface area contributed by atoms with Gasteiger partial charge in [0.15, 0.2) is 0 Å². The summed E-state index contributed by atoms with van der Waals surface area (Å²) in [5.41, 5.74) is 0.914. The molecule has 0 saturated carbocycles. The maximum atomic E-state index is 11.9. The van der Waals surface area contributed by atoms with Crippen LogP contribution in [0.1, 0.15) is 45.6 Å². The summed E-state index contributed by atoms with van der Waals surface area (Å²) in [5.74, 6) is 0.290. The summed E-state index contributed by atoms with van der Waals surface area (Å²) in [6, 6.07) is 10.2. The molecule has 82 valence electrons. The van der Waals surface area contributed by atoms with Crippen LogP contribution in [0, 0.1) is 0 Å². The molecule has 1 aromatic carbocycles. The molecule has 1 aromatic rings. The maximum absolute atomic E-state index is 11.9. The molecule has 0 heterocycles. The minimum atomic E-state index is -0.254. The van der Waals surface area contributed by atoms with E-state index < -0.39 is 0 Å². The van der Waals surface area contributed by atoms with Gasteiger partial charge in [0, 0.05) is 0 Å². The number of carbonyl (C=O) groups is 1. The molecule has 0 fully saturated rings. The highest BCUT2D eigenvalue weighted by molar-refractivity contribution is 5.87. The molecule has 0 amide bonds. The van der Waals surface area contributed by atoms with Crippen LogP contribution in [-0.2, 0) is 10.2 Å². The van der Waals surface area contributed by atoms with Gasteiger partial charge in [0.2, 0.25) is 0 Å². The van der Waals surface area contributed by atoms with Crippen LogP contribution in [0.2, 0.25) is 0 Å². The monoisotopic (exact) mass is 204 g/mol. The quantitative estimate of drug-likeness (QED) is 0.714. The van der Waals surface area contributed by atoms with Crippen LogP contribution < -0.4 is 0 Å². The van der Waals surface area contributed by atoms with Crippen LogP contribution in [0.4, 0.5) is 0 Å². The first-order valence-electron chi connectivity index (χ1n) is 5.74. The molecule has 0 aliphatic heterocycles. The van der Waals surface area contributed by atoms with E-state index in [4.69, 9.17) is 0 Å². The standard InChI is InChI=1S/C14H20O/c1-4-11-14(5-2,12(3)15)13-9-7-6-8-10-13/h6-10H,4-5,11H2,1-3H3. The lowest BCUT2D eigenvalue weighted by atomic mass is 9.72. The van der Waals surface area contributed by atoms with Crippen molar-refractivity contribution in [2.24, 2.45) is 0 Å². The molecule has 1 nitrogen and oxygen atoms in total. The van der Waals surface area contributed by atoms with Crippen LogP contribution in [0.25, 0.3) is 0 Å². The van der Waals surface area contributed by atoms with E-state index in [0.29, 0.717) is 0 Å². The second-order valence-electron chi connectivity index (χ2n) is 4.11. The van der Waals surface area contributed by atoms with Crippen molar-refractivity contribution in [1.29, 1.82) is 0 Å². The molecule has 15 heavy (non-hydrogen) atoms. The molecule has 1 unspecified atom stereocenters. The van der Waals surface area contributed by atoms with Crippen molar-refractivity contribution in [3.05, 3.63) is 35.9 Å². The first-order valence-corrected chi connectivity index (χ1v) is 5.74. The Morgan fingerprint density at radius 1 is 1.20 bits per heavy atom. The average molecular weight is 204 g/mol. The minimum Gasteiger partial charge on any atom is -0.299 e. The number of rotatable bonds is 5. The largest absolute Gasteiger partial charge is 0.299 e. The Morgan fingerprint density at radius 3 is 2.20 bits per heavy atom. The molecule has 0 radical (unpaired) electrons. The molecule has 0 aliphatic carbocycles. The molecule has 1 rings (SSSR count). The smallest absolute Gasteiger partial charge is 0.140 e. The topological polar surface area (TPSA) is 17.1 Å². The number of carbonyl (C=O) groups excluding carboxylic acids is 1. The Labute approximate surface area is 92.5 Å². The van der Waals surface area contributed by atoms with Crippen molar-refractivity contribution in [1.82, 2.24) is 0 Å². The van der Waals surface area contributed by atoms with Crippen LogP contribution in [0.3, 0.4) is 0 Å². The lowest BCUT2D eigenvalue weighted by Gasteiger charge is -2.30. The van der Waals surface area contributed by atoms with Gasteiger partial charge in [0.25, 0.3) is 0 Å². The maximum Gasteiger partial charge on any atom is 0.140 e. The Morgan fingerprint density at radius 2 is 1.80 bits per heavy atom. The van der Waals surface area contributed by atoms with E-state index >= 15 is 0 Å². The number of benzene rings is 1. The molecule has 1 atom stereocenters. The van der Waals surface area contributed by atoms with Crippen LogP contribution >= 0.6 is 0 Å². The molecule has 0 aliphatic rings. The zero-order valence-electron chi connectivity index (χ0n) is 9.92. The molecule has 0 bridgehead atoms. The predicted octanol–water partition coefficient (Wildman–Crippen LogP) is 3.72. The summed E-state index contributed by atoms with van der Waals surface area (Å²) in [6.07, 6.45) is 2.88. The third kappa shape index (κ3) is 2.28. The summed E-state index contributed by atoms with van der Waals surface area (Å²) < 4.78 is 0. The van der Waals surface area contributed by atoms with Gasteiger partial charge in [-0.3, -0.25) is 4.79 Å². The Balaban J connectivity index is 3.15. The minimum absolute atomic E-state index is 0.254. The van der Waals surface area contributed by atoms with Crippen molar-refractivity contribution in [3.8, 4) is 0 Å². The van der Waals surface area contributed by atoms with E-state index in [2.05, 4.69) is 26.0 Å². The van der Waals surface area contributed by atoms with Gasteiger partial charge < -0.3 is 0 Å². The highest BCUT2D eigenvalue weighted by Crippen LogP contribution is 2.33. The zero-order chi connectivity index (χ0) is 11.3. The molecule has 0 N–H and O–H groups in total. The number of hydrogen-bond acceptors (Lipinski definition) is 1. The van der Waals surface area contributed by atoms with Crippen molar-refractivity contribution < 1.29 is 4.79 Å². The second-order valence-corrected chi connectivity index (χ2v) is 4.11. The van der Waals surface area contributed by atoms with Crippen LogP contribution in [0.5, 0.6) is 0 Å². The highest BCUT2D eigenvalue weighted by atomic mass is 16.1. The Kier molecular flexibility index (Phi) is 4.07. The molecular weight excluding hydrogens is 184 g/mol. The van der Waals surface area contributed by atoms with Crippen LogP contribution in [-0.4, -0.2) is 5.78 Å². The van der Waals surface area contributed by atoms with E-state index in [-0.39, 0.29) is 11.2 Å². The van der Waals surface area contributed by atoms with Crippen molar-refractivity contribution in [2.75, 3.05) is 0 Å². The van der Waals surface area contributed by atoms with E-state index in [1.54, 1.807) is 6.92 Å². The summed E-state index contributed by atoms with van der Waals surface area (Å²) in [4.78, 5) is 11.9. The fourth-order valence-corrected chi connectivity index (χ4v) is 2.34. The SMILES string of the molecule is CCCC(CC)(C(C)=O)c1ccccc1. The lowest BCUT2D eigenvalue weighted by molar-refractivity contribution is -0.122. The normalized spacial score (nSPS) is 14.6. The van der Waals surface area contributed by atoms with E-state index in [9.17, 15) is 4.79 Å². The van der Waals surface area contributed by atoms with Crippen molar-refractivity contribution >= 4 is 5.78 Å². The first-order chi connectivity index (χ1) is 7.17. The summed E-state index contributed by atoms with van der Waals surface area (Å²) in [6.45, 7) is 5.95. The van der Waals surface area contributed by atoms with E-state index in [1.165, 1.54) is 5.56 Å². The number of ketones is 1. The van der Waals surface area contributed by atoms with Gasteiger partial charge in [-0.2, -0.15) is 0 Å². The van der Waals surface area contributed by atoms with Gasteiger partial charge >= 0.3 is 0 Å². The Bertz CT molecular complexity index is 315. The van der Waals surface area contributed by atoms with Gasteiger partial charge in [0.1, 0.15) is 5.78 Å². The fraction of sp³-hybridized carbons (Fsp3) is 0.500. The summed E-state index contributed by atoms with van der Waals surface area (Å²) in [5, 5.41) is 0.